The van der Waals surface area contributed by atoms with Crippen LogP contribution in [-0.4, -0.2) is 23.5 Å². The molecule has 2 aliphatic rings. The highest BCUT2D eigenvalue weighted by Gasteiger charge is 2.48. The Labute approximate surface area is 95.7 Å². The molecule has 4 heteroatoms. The molecule has 2 bridgehead atoms. The number of amides is 1. The number of rotatable bonds is 1. The van der Waals surface area contributed by atoms with Crippen LogP contribution in [-0.2, 0) is 9.53 Å². The summed E-state index contributed by atoms with van der Waals surface area (Å²) in [6, 6.07) is 0.0161. The molecule has 0 radical (unpaired) electrons. The second-order valence-electron chi connectivity index (χ2n) is 5.79. The molecule has 90 valence electrons. The normalized spacial score (nSPS) is 32.9. The Hall–Kier alpha value is -1.06. The van der Waals surface area contributed by atoms with Crippen molar-refractivity contribution in [3.8, 4) is 0 Å². The molecule has 0 aliphatic heterocycles. The van der Waals surface area contributed by atoms with Gasteiger partial charge in [0.25, 0.3) is 0 Å². The lowest BCUT2D eigenvalue weighted by Gasteiger charge is -2.23. The van der Waals surface area contributed by atoms with Crippen LogP contribution in [0.2, 0.25) is 0 Å². The molecule has 2 rings (SSSR count). The van der Waals surface area contributed by atoms with Gasteiger partial charge in [-0.3, -0.25) is 4.79 Å². The number of alkyl carbamates (subject to hydrolysis) is 1. The van der Waals surface area contributed by atoms with Crippen LogP contribution in [0.15, 0.2) is 0 Å². The second kappa shape index (κ2) is 3.75. The average molecular weight is 225 g/mol. The van der Waals surface area contributed by atoms with E-state index in [1.807, 2.05) is 20.8 Å². The van der Waals surface area contributed by atoms with Crippen molar-refractivity contribution in [1.29, 1.82) is 0 Å². The number of nitrogens with one attached hydrogen (secondary N) is 1. The van der Waals surface area contributed by atoms with Crippen LogP contribution in [0.25, 0.3) is 0 Å². The zero-order chi connectivity index (χ0) is 11.9. The van der Waals surface area contributed by atoms with Gasteiger partial charge in [0.15, 0.2) is 0 Å². The minimum Gasteiger partial charge on any atom is -0.444 e. The Morgan fingerprint density at radius 1 is 1.38 bits per heavy atom. The van der Waals surface area contributed by atoms with Gasteiger partial charge in [-0.25, -0.2) is 4.79 Å². The summed E-state index contributed by atoms with van der Waals surface area (Å²) in [5.74, 6) is 0.680. The van der Waals surface area contributed by atoms with Crippen LogP contribution in [0.4, 0.5) is 4.79 Å². The highest BCUT2D eigenvalue weighted by molar-refractivity contribution is 5.86. The third kappa shape index (κ3) is 2.20. The highest BCUT2D eigenvalue weighted by Crippen LogP contribution is 2.42. The van der Waals surface area contributed by atoms with Crippen LogP contribution >= 0.6 is 0 Å². The van der Waals surface area contributed by atoms with Gasteiger partial charge < -0.3 is 10.1 Å². The van der Waals surface area contributed by atoms with E-state index < -0.39 is 11.7 Å². The van der Waals surface area contributed by atoms with Gasteiger partial charge in [-0.15, -0.1) is 0 Å². The zero-order valence-corrected chi connectivity index (χ0v) is 10.1. The molecular formula is C12H19NO3. The van der Waals surface area contributed by atoms with Crippen LogP contribution in [0.5, 0.6) is 0 Å². The molecule has 0 aromatic heterocycles. The van der Waals surface area contributed by atoms with Crippen molar-refractivity contribution >= 4 is 11.9 Å². The zero-order valence-electron chi connectivity index (χ0n) is 10.1. The Kier molecular flexibility index (Phi) is 2.68. The minimum atomic E-state index is -0.480. The number of ether oxygens (including phenoxy) is 1. The van der Waals surface area contributed by atoms with Gasteiger partial charge in [0.1, 0.15) is 11.4 Å². The number of fused-ring (bicyclic) bond motifs is 2. The lowest BCUT2D eigenvalue weighted by Crippen LogP contribution is -2.42. The van der Waals surface area contributed by atoms with Crippen molar-refractivity contribution in [2.45, 2.75) is 51.7 Å². The molecule has 0 aromatic carbocycles. The van der Waals surface area contributed by atoms with Gasteiger partial charge in [0.2, 0.25) is 0 Å². The van der Waals surface area contributed by atoms with Gasteiger partial charge in [0, 0.05) is 18.4 Å². The summed E-state index contributed by atoms with van der Waals surface area (Å²) in [6.07, 6.45) is 2.20. The molecule has 3 atom stereocenters. The lowest BCUT2D eigenvalue weighted by atomic mass is 10.00. The summed E-state index contributed by atoms with van der Waals surface area (Å²) in [7, 11) is 0. The van der Waals surface area contributed by atoms with Gasteiger partial charge in [-0.2, -0.15) is 0 Å². The number of carbonyl (C=O) groups is 2. The number of hydrogen-bond acceptors (Lipinski definition) is 3. The van der Waals surface area contributed by atoms with Gasteiger partial charge in [0.05, 0.1) is 0 Å². The van der Waals surface area contributed by atoms with Gasteiger partial charge >= 0.3 is 6.09 Å². The Morgan fingerprint density at radius 2 is 2.06 bits per heavy atom. The summed E-state index contributed by atoms with van der Waals surface area (Å²) in [5, 5.41) is 2.85. The first-order valence-electron chi connectivity index (χ1n) is 5.89. The summed E-state index contributed by atoms with van der Waals surface area (Å²) in [4.78, 5) is 23.1. The van der Waals surface area contributed by atoms with Crippen LogP contribution in [0.1, 0.15) is 40.0 Å². The molecule has 1 amide bonds. The lowest BCUT2D eigenvalue weighted by molar-refractivity contribution is -0.121. The Bertz CT molecular complexity index is 319. The minimum absolute atomic E-state index is 0.0161. The van der Waals surface area contributed by atoms with Crippen LogP contribution < -0.4 is 5.32 Å². The van der Waals surface area contributed by atoms with E-state index in [9.17, 15) is 9.59 Å². The number of Topliss-reactive ketones (excluding diaryl/α,β-unsaturated/α-hetero) is 1. The van der Waals surface area contributed by atoms with E-state index >= 15 is 0 Å². The van der Waals surface area contributed by atoms with E-state index in [0.717, 1.165) is 12.8 Å². The van der Waals surface area contributed by atoms with E-state index in [1.54, 1.807) is 0 Å². The van der Waals surface area contributed by atoms with E-state index in [4.69, 9.17) is 4.74 Å². The van der Waals surface area contributed by atoms with Crippen molar-refractivity contribution in [3.05, 3.63) is 0 Å². The molecule has 2 aliphatic carbocycles. The number of hydrogen-bond donors (Lipinski definition) is 1. The summed E-state index contributed by atoms with van der Waals surface area (Å²) in [5.41, 5.74) is -0.480. The summed E-state index contributed by atoms with van der Waals surface area (Å²) >= 11 is 0. The first-order valence-corrected chi connectivity index (χ1v) is 5.89. The average Bonchev–Trinajstić information content (AvgIpc) is 2.57. The second-order valence-corrected chi connectivity index (χ2v) is 5.79. The third-order valence-electron chi connectivity index (χ3n) is 3.35. The van der Waals surface area contributed by atoms with E-state index in [0.29, 0.717) is 18.1 Å². The molecule has 16 heavy (non-hydrogen) atoms. The van der Waals surface area contributed by atoms with Gasteiger partial charge in [-0.05, 0) is 39.5 Å². The number of carbonyl (C=O) groups excluding carboxylic acids is 2. The monoisotopic (exact) mass is 225 g/mol. The smallest absolute Gasteiger partial charge is 0.407 e. The topological polar surface area (TPSA) is 55.4 Å². The highest BCUT2D eigenvalue weighted by atomic mass is 16.6. The third-order valence-corrected chi connectivity index (χ3v) is 3.35. The standard InChI is InChI=1S/C12H19NO3/c1-12(2,3)16-11(15)13-10-7-4-5-8(10)9(14)6-7/h7-8,10H,4-6H2,1-3H3,(H,13,15)/t7-,8-,10+/m1/s1. The Morgan fingerprint density at radius 3 is 2.50 bits per heavy atom. The molecular weight excluding hydrogens is 206 g/mol. The first-order chi connectivity index (χ1) is 7.37. The van der Waals surface area contributed by atoms with Gasteiger partial charge in [-0.1, -0.05) is 0 Å². The van der Waals surface area contributed by atoms with Crippen molar-refractivity contribution in [3.63, 3.8) is 0 Å². The maximum Gasteiger partial charge on any atom is 0.407 e. The molecule has 2 fully saturated rings. The predicted octanol–water partition coefficient (Wildman–Crippen LogP) is 1.88. The summed E-state index contributed by atoms with van der Waals surface area (Å²) in [6.45, 7) is 5.50. The maximum absolute atomic E-state index is 11.6. The van der Waals surface area contributed by atoms with Crippen molar-refractivity contribution in [2.24, 2.45) is 11.8 Å². The van der Waals surface area contributed by atoms with Crippen molar-refractivity contribution in [2.75, 3.05) is 0 Å². The molecule has 4 nitrogen and oxygen atoms in total. The molecule has 1 N–H and O–H groups in total. The fourth-order valence-corrected chi connectivity index (χ4v) is 2.74. The molecule has 0 heterocycles. The SMILES string of the molecule is CC(C)(C)OC(=O)N[C@H]1[C@@H]2CC[C@@H]1C(=O)C2. The molecule has 2 saturated carbocycles. The molecule has 0 spiro atoms. The molecule has 0 saturated heterocycles. The quantitative estimate of drug-likeness (QED) is 0.741. The fraction of sp³-hybridized carbons (Fsp3) is 0.833. The first kappa shape index (κ1) is 11.4. The fourth-order valence-electron chi connectivity index (χ4n) is 2.74. The van der Waals surface area contributed by atoms with Crippen LogP contribution in [0, 0.1) is 11.8 Å². The maximum atomic E-state index is 11.6. The molecule has 0 aromatic rings. The van der Waals surface area contributed by atoms with Crippen LogP contribution in [0.3, 0.4) is 0 Å². The Balaban J connectivity index is 1.91. The predicted molar refractivity (Wildman–Crippen MR) is 59.0 cm³/mol. The van der Waals surface area contributed by atoms with E-state index in [2.05, 4.69) is 5.32 Å². The van der Waals surface area contributed by atoms with E-state index in [-0.39, 0.29) is 12.0 Å². The molecule has 0 unspecified atom stereocenters. The van der Waals surface area contributed by atoms with Crippen molar-refractivity contribution in [1.82, 2.24) is 5.32 Å². The van der Waals surface area contributed by atoms with Crippen molar-refractivity contribution < 1.29 is 14.3 Å². The number of ketones is 1. The largest absolute Gasteiger partial charge is 0.444 e. The summed E-state index contributed by atoms with van der Waals surface area (Å²) < 4.78 is 5.20. The van der Waals surface area contributed by atoms with E-state index in [1.165, 1.54) is 0 Å².